The lowest BCUT2D eigenvalue weighted by Crippen LogP contribution is -2.57. The summed E-state index contributed by atoms with van der Waals surface area (Å²) < 4.78 is 32.4. The summed E-state index contributed by atoms with van der Waals surface area (Å²) in [5, 5.41) is 5.94. The number of nitrogens with one attached hydrogen (secondary N) is 2. The summed E-state index contributed by atoms with van der Waals surface area (Å²) in [6, 6.07) is 18.1. The maximum Gasteiger partial charge on any atom is 0.258 e. The molecule has 2 N–H and O–H groups in total. The highest BCUT2D eigenvalue weighted by Crippen LogP contribution is 2.33. The number of carbonyl (C=O) groups is 2. The van der Waals surface area contributed by atoms with Gasteiger partial charge in [0.1, 0.15) is 40.8 Å². The number of nitrogens with zero attached hydrogens (tertiary/aromatic N) is 3. The molecule has 4 aromatic rings. The second-order valence-corrected chi connectivity index (χ2v) is 10.7. The normalized spacial score (nSPS) is 18.7. The van der Waals surface area contributed by atoms with E-state index in [-0.39, 0.29) is 25.0 Å². The van der Waals surface area contributed by atoms with Crippen molar-refractivity contribution in [2.45, 2.75) is 32.0 Å². The summed E-state index contributed by atoms with van der Waals surface area (Å²) in [5.41, 5.74) is 2.40. The second kappa shape index (κ2) is 12.6. The number of halogens is 1. The minimum absolute atomic E-state index is 0.0884. The van der Waals surface area contributed by atoms with Gasteiger partial charge in [0.15, 0.2) is 6.61 Å². The van der Waals surface area contributed by atoms with Crippen molar-refractivity contribution in [3.63, 3.8) is 0 Å². The highest BCUT2D eigenvalue weighted by atomic mass is 19.1. The Balaban J connectivity index is 1.38. The number of piperidine rings is 1. The summed E-state index contributed by atoms with van der Waals surface area (Å²) in [6.45, 7) is 2.70. The van der Waals surface area contributed by atoms with Crippen molar-refractivity contribution in [3.05, 3.63) is 95.7 Å². The molecule has 2 atom stereocenters. The number of aromatic nitrogens is 2. The number of benzene rings is 3. The van der Waals surface area contributed by atoms with Crippen molar-refractivity contribution in [2.24, 2.45) is 0 Å². The van der Waals surface area contributed by atoms with Gasteiger partial charge in [-0.15, -0.1) is 0 Å². The first-order valence-electron chi connectivity index (χ1n) is 14.3. The summed E-state index contributed by atoms with van der Waals surface area (Å²) in [6.07, 6.45) is 1.78. The molecule has 0 spiro atoms. The van der Waals surface area contributed by atoms with Crippen LogP contribution >= 0.6 is 0 Å². The molecule has 0 radical (unpaired) electrons. The molecule has 6 rings (SSSR count). The summed E-state index contributed by atoms with van der Waals surface area (Å²) in [5.74, 6) is 1.60. The van der Waals surface area contributed by atoms with Crippen LogP contribution in [0.1, 0.15) is 28.2 Å². The molecule has 1 aromatic heterocycles. The van der Waals surface area contributed by atoms with Crippen LogP contribution < -0.4 is 29.7 Å². The molecule has 0 aliphatic carbocycles. The molecule has 3 aromatic carbocycles. The van der Waals surface area contributed by atoms with Crippen LogP contribution in [-0.4, -0.2) is 60.7 Å². The van der Waals surface area contributed by atoms with E-state index in [4.69, 9.17) is 14.2 Å². The number of anilines is 1. The molecule has 10 nitrogen and oxygen atoms in total. The third kappa shape index (κ3) is 6.56. The van der Waals surface area contributed by atoms with Crippen molar-refractivity contribution in [1.29, 1.82) is 0 Å². The first-order chi connectivity index (χ1) is 21.3. The average molecular weight is 598 g/mol. The Hall–Kier alpha value is -5.19. The van der Waals surface area contributed by atoms with Crippen LogP contribution in [0.4, 0.5) is 10.2 Å². The van der Waals surface area contributed by atoms with Crippen molar-refractivity contribution in [3.8, 4) is 28.4 Å². The van der Waals surface area contributed by atoms with Gasteiger partial charge in [-0.1, -0.05) is 12.1 Å². The van der Waals surface area contributed by atoms with Crippen molar-refractivity contribution in [1.82, 2.24) is 20.6 Å². The average Bonchev–Trinajstić information content (AvgIpc) is 3.02. The number of methoxy groups -OCH3 is 1. The number of ether oxygens (including phenoxy) is 3. The van der Waals surface area contributed by atoms with E-state index in [2.05, 4.69) is 25.5 Å². The van der Waals surface area contributed by atoms with Crippen molar-refractivity contribution >= 4 is 17.6 Å². The summed E-state index contributed by atoms with van der Waals surface area (Å²) >= 11 is 0. The van der Waals surface area contributed by atoms with Gasteiger partial charge in [-0.05, 0) is 66.6 Å². The van der Waals surface area contributed by atoms with Gasteiger partial charge < -0.3 is 29.7 Å². The Bertz CT molecular complexity index is 1700. The van der Waals surface area contributed by atoms with Crippen LogP contribution in [0.3, 0.4) is 0 Å². The molecule has 1 fully saturated rings. The Morgan fingerprint density at radius 2 is 1.91 bits per heavy atom. The van der Waals surface area contributed by atoms with Gasteiger partial charge >= 0.3 is 0 Å². The predicted molar refractivity (Wildman–Crippen MR) is 161 cm³/mol. The van der Waals surface area contributed by atoms with E-state index in [1.54, 1.807) is 55.8 Å². The zero-order valence-corrected chi connectivity index (χ0v) is 24.4. The molecule has 0 unspecified atom stereocenters. The number of amides is 2. The lowest BCUT2D eigenvalue weighted by atomic mass is 9.99. The smallest absolute Gasteiger partial charge is 0.258 e. The molecule has 11 heteroatoms. The minimum Gasteiger partial charge on any atom is -0.496 e. The fourth-order valence-corrected chi connectivity index (χ4v) is 5.48. The molecular weight excluding hydrogens is 565 g/mol. The van der Waals surface area contributed by atoms with Crippen LogP contribution in [0.15, 0.2) is 72.9 Å². The lowest BCUT2D eigenvalue weighted by molar-refractivity contribution is -0.123. The number of hydrogen-bond donors (Lipinski definition) is 2. The van der Waals surface area contributed by atoms with Crippen LogP contribution in [0.5, 0.6) is 17.2 Å². The van der Waals surface area contributed by atoms with Gasteiger partial charge in [-0.2, -0.15) is 0 Å². The first-order valence-corrected chi connectivity index (χ1v) is 14.3. The van der Waals surface area contributed by atoms with Crippen LogP contribution in [0, 0.1) is 12.7 Å². The number of fused-ring (bicyclic) bond motifs is 8. The zero-order chi connectivity index (χ0) is 30.6. The largest absolute Gasteiger partial charge is 0.496 e. The Kier molecular flexibility index (Phi) is 8.27. The standard InChI is InChI=1S/C33H32FN5O5/c1-20-35-10-8-31(37-20)39-11-9-30-28(18-39)38-33(41)23-6-7-29(42-2)27(15-23)22-4-3-5-25(14-22)43-19-32(40)36-17-21-12-24(34)16-26(13-21)44-30/h3-8,10,12-16,28,30H,9,11,17-19H2,1-2H3,(H,36,40)(H,38,41)/t28-,30-/m1/s1. The number of rotatable bonds is 2. The van der Waals surface area contributed by atoms with E-state index >= 15 is 0 Å². The third-order valence-electron chi connectivity index (χ3n) is 7.64. The first kappa shape index (κ1) is 28.9. The predicted octanol–water partition coefficient (Wildman–Crippen LogP) is 4.06. The Labute approximate surface area is 254 Å². The summed E-state index contributed by atoms with van der Waals surface area (Å²) in [4.78, 5) is 37.2. The maximum atomic E-state index is 14.7. The van der Waals surface area contributed by atoms with E-state index < -0.39 is 18.0 Å². The zero-order valence-electron chi connectivity index (χ0n) is 24.4. The van der Waals surface area contributed by atoms with Gasteiger partial charge in [0.2, 0.25) is 0 Å². The molecular formula is C33H32FN5O5. The van der Waals surface area contributed by atoms with Crippen molar-refractivity contribution < 1.29 is 28.2 Å². The van der Waals surface area contributed by atoms with E-state index in [1.807, 2.05) is 19.1 Å². The minimum atomic E-state index is -0.494. The summed E-state index contributed by atoms with van der Waals surface area (Å²) in [7, 11) is 1.57. The number of hydrogen-bond acceptors (Lipinski definition) is 8. The van der Waals surface area contributed by atoms with E-state index in [0.717, 1.165) is 11.4 Å². The molecule has 0 saturated carbocycles. The molecule has 226 valence electrons. The van der Waals surface area contributed by atoms with Crippen molar-refractivity contribution in [2.75, 3.05) is 31.7 Å². The molecule has 2 amide bonds. The number of carbonyl (C=O) groups excluding carboxylic acids is 2. The molecule has 2 aliphatic rings. The fourth-order valence-electron chi connectivity index (χ4n) is 5.48. The van der Waals surface area contributed by atoms with E-state index in [0.29, 0.717) is 59.3 Å². The molecule has 6 bridgehead atoms. The second-order valence-electron chi connectivity index (χ2n) is 10.7. The Morgan fingerprint density at radius 3 is 2.75 bits per heavy atom. The van der Waals surface area contributed by atoms with Gasteiger partial charge in [0.25, 0.3) is 11.8 Å². The molecule has 3 heterocycles. The lowest BCUT2D eigenvalue weighted by Gasteiger charge is -2.39. The highest BCUT2D eigenvalue weighted by Gasteiger charge is 2.33. The fraction of sp³-hybridized carbons (Fsp3) is 0.273. The Morgan fingerprint density at radius 1 is 1.02 bits per heavy atom. The van der Waals surface area contributed by atoms with Crippen LogP contribution in [-0.2, 0) is 11.3 Å². The van der Waals surface area contributed by atoms with E-state index in [9.17, 15) is 14.0 Å². The maximum absolute atomic E-state index is 14.7. The van der Waals surface area contributed by atoms with Gasteiger partial charge in [-0.3, -0.25) is 9.59 Å². The van der Waals surface area contributed by atoms with Gasteiger partial charge in [0.05, 0.1) is 13.2 Å². The van der Waals surface area contributed by atoms with Gasteiger partial charge in [-0.25, -0.2) is 14.4 Å². The third-order valence-corrected chi connectivity index (χ3v) is 7.64. The highest BCUT2D eigenvalue weighted by molar-refractivity contribution is 5.96. The molecule has 44 heavy (non-hydrogen) atoms. The van der Waals surface area contributed by atoms with Gasteiger partial charge in [0, 0.05) is 49.4 Å². The SMILES string of the molecule is COc1ccc2cc1-c1cccc(c1)OCC(=O)NCc1cc(F)cc(c1)O[C@@H]1CCN(c3ccnc(C)n3)C[C@H]1NC2=O. The molecule has 2 aliphatic heterocycles. The quantitative estimate of drug-likeness (QED) is 0.356. The van der Waals surface area contributed by atoms with Crippen LogP contribution in [0.2, 0.25) is 0 Å². The van der Waals surface area contributed by atoms with Crippen LogP contribution in [0.25, 0.3) is 11.1 Å². The number of aryl methyl sites for hydroxylation is 1. The monoisotopic (exact) mass is 597 g/mol. The topological polar surface area (TPSA) is 115 Å². The van der Waals surface area contributed by atoms with E-state index in [1.165, 1.54) is 12.1 Å². The molecule has 1 saturated heterocycles.